The van der Waals surface area contributed by atoms with Gasteiger partial charge in [-0.25, -0.2) is 0 Å². The topological polar surface area (TPSA) is 3.24 Å². The summed E-state index contributed by atoms with van der Waals surface area (Å²) in [5, 5.41) is 0. The first-order chi connectivity index (χ1) is 10.9. The molecule has 0 unspecified atom stereocenters. The van der Waals surface area contributed by atoms with E-state index < -0.39 is 0 Å². The van der Waals surface area contributed by atoms with Gasteiger partial charge in [0.25, 0.3) is 0 Å². The Hall–Kier alpha value is -0.814. The zero-order valence-electron chi connectivity index (χ0n) is 12.0. The number of hydrogen-bond acceptors (Lipinski definition) is 1. The fraction of sp³-hybridized carbons (Fsp3) is 0. The molecule has 1 nitrogen and oxygen atoms in total. The minimum atomic E-state index is 0.0417. The van der Waals surface area contributed by atoms with Crippen LogP contribution in [0.1, 0.15) is 0 Å². The summed E-state index contributed by atoms with van der Waals surface area (Å²) in [6.45, 7) is 0. The van der Waals surface area contributed by atoms with Crippen molar-refractivity contribution in [2.45, 2.75) is 0 Å². The Bertz CT molecular complexity index is 554. The van der Waals surface area contributed by atoms with Gasteiger partial charge in [-0.15, -0.1) is 0 Å². The molecule has 0 atom stereocenters. The molecule has 3 rings (SSSR count). The van der Waals surface area contributed by atoms with Gasteiger partial charge < -0.3 is 4.90 Å². The fourth-order valence-electron chi connectivity index (χ4n) is 2.13. The molecule has 3 aromatic rings. The number of nitrogens with zero attached hydrogens (tertiary/aromatic N) is 1. The number of benzene rings is 3. The highest BCUT2D eigenvalue weighted by atomic mass is 79.9. The number of hydrogen-bond donors (Lipinski definition) is 0. The first-order valence-corrected chi connectivity index (χ1v) is 14.6. The van der Waals surface area contributed by atoms with Crippen molar-refractivity contribution in [3.63, 3.8) is 0 Å². The van der Waals surface area contributed by atoms with Crippen molar-refractivity contribution in [1.29, 1.82) is 0 Å². The number of anilines is 3. The van der Waals surface area contributed by atoms with Crippen LogP contribution >= 0.6 is 25.8 Å². The zero-order valence-corrected chi connectivity index (χ0v) is 16.6. The minimum Gasteiger partial charge on any atom is -0.311 e. The van der Waals surface area contributed by atoms with E-state index in [0.717, 1.165) is 17.1 Å². The van der Waals surface area contributed by atoms with E-state index >= 15 is 0 Å². The van der Waals surface area contributed by atoms with E-state index in [9.17, 15) is 0 Å². The Morgan fingerprint density at radius 3 is 1.41 bits per heavy atom. The SMILES string of the molecule is [Br][Mg][Br].[c]1ccc(N(c2ccccc2)c2ccccc2)cc1. The molecule has 0 aliphatic heterocycles. The zero-order chi connectivity index (χ0) is 15.6. The molecule has 0 bridgehead atoms. The average Bonchev–Trinajstić information content (AvgIpc) is 2.59. The smallest absolute Gasteiger partial charge is 0.311 e. The second-order valence-corrected chi connectivity index (χ2v) is 12.4. The molecule has 4 heteroatoms. The van der Waals surface area contributed by atoms with Gasteiger partial charge in [0.05, 0.1) is 0 Å². The monoisotopic (exact) mass is 426 g/mol. The Kier molecular flexibility index (Phi) is 8.02. The number of rotatable bonds is 3. The minimum absolute atomic E-state index is 0.0417. The highest BCUT2D eigenvalue weighted by Gasteiger charge is 2.10. The van der Waals surface area contributed by atoms with Crippen molar-refractivity contribution >= 4 is 58.9 Å². The van der Waals surface area contributed by atoms with Crippen LogP contribution in [-0.2, 0) is 0 Å². The Labute approximate surface area is 153 Å². The van der Waals surface area contributed by atoms with Crippen molar-refractivity contribution < 1.29 is 0 Å². The van der Waals surface area contributed by atoms with Crippen LogP contribution in [0.15, 0.2) is 84.9 Å². The Balaban J connectivity index is 0.000000545. The first-order valence-electron chi connectivity index (χ1n) is 6.85. The third-order valence-electron chi connectivity index (χ3n) is 2.99. The molecule has 0 heterocycles. The van der Waals surface area contributed by atoms with Gasteiger partial charge in [0.2, 0.25) is 0 Å². The van der Waals surface area contributed by atoms with Crippen molar-refractivity contribution in [1.82, 2.24) is 0 Å². The highest BCUT2D eigenvalue weighted by Crippen LogP contribution is 2.33. The lowest BCUT2D eigenvalue weighted by molar-refractivity contribution is 1.28. The van der Waals surface area contributed by atoms with Crippen LogP contribution in [0.25, 0.3) is 0 Å². The molecule has 0 amide bonds. The molecule has 107 valence electrons. The van der Waals surface area contributed by atoms with Crippen LogP contribution in [0, 0.1) is 6.07 Å². The third kappa shape index (κ3) is 5.13. The molecule has 22 heavy (non-hydrogen) atoms. The van der Waals surface area contributed by atoms with Crippen molar-refractivity contribution in [2.24, 2.45) is 0 Å². The van der Waals surface area contributed by atoms with Crippen molar-refractivity contribution in [3.05, 3.63) is 91.0 Å². The predicted octanol–water partition coefficient (Wildman–Crippen LogP) is 6.27. The molecule has 1 radical (unpaired) electrons. The normalized spacial score (nSPS) is 9.18. The Morgan fingerprint density at radius 2 is 1.00 bits per heavy atom. The van der Waals surface area contributed by atoms with Crippen molar-refractivity contribution in [3.8, 4) is 0 Å². The second kappa shape index (κ2) is 10.1. The van der Waals surface area contributed by atoms with Crippen LogP contribution in [-0.4, -0.2) is 16.0 Å². The lowest BCUT2D eigenvalue weighted by Crippen LogP contribution is -2.09. The van der Waals surface area contributed by atoms with E-state index in [-0.39, 0.29) is 16.0 Å². The molecule has 3 aromatic carbocycles. The predicted molar refractivity (Wildman–Crippen MR) is 104 cm³/mol. The summed E-state index contributed by atoms with van der Waals surface area (Å²) >= 11 is 6.44. The maximum Gasteiger partial charge on any atom is 0.560 e. The largest absolute Gasteiger partial charge is 0.560 e. The summed E-state index contributed by atoms with van der Waals surface area (Å²) in [6.07, 6.45) is 0. The van der Waals surface area contributed by atoms with E-state index in [1.54, 1.807) is 0 Å². The molecular weight excluding hydrogens is 414 g/mol. The van der Waals surface area contributed by atoms with Crippen LogP contribution in [0.4, 0.5) is 17.1 Å². The van der Waals surface area contributed by atoms with Crippen molar-refractivity contribution in [2.75, 3.05) is 4.90 Å². The quantitative estimate of drug-likeness (QED) is 0.445. The van der Waals surface area contributed by atoms with E-state index in [1.165, 1.54) is 0 Å². The second-order valence-electron chi connectivity index (χ2n) is 4.37. The maximum atomic E-state index is 3.20. The van der Waals surface area contributed by atoms with Gasteiger partial charge in [-0.05, 0) is 42.5 Å². The van der Waals surface area contributed by atoms with Gasteiger partial charge in [-0.2, -0.15) is 0 Å². The van der Waals surface area contributed by atoms with E-state index in [0.29, 0.717) is 0 Å². The van der Waals surface area contributed by atoms with Crippen LogP contribution < -0.4 is 4.90 Å². The maximum absolute atomic E-state index is 3.20. The molecule has 0 fully saturated rings. The Morgan fingerprint density at radius 1 is 0.636 bits per heavy atom. The fourth-order valence-corrected chi connectivity index (χ4v) is 2.13. The van der Waals surface area contributed by atoms with Gasteiger partial charge in [0.1, 0.15) is 0 Å². The number of halogens is 2. The average molecular weight is 428 g/mol. The van der Waals surface area contributed by atoms with Gasteiger partial charge in [0, 0.05) is 17.1 Å². The molecule has 0 aliphatic rings. The van der Waals surface area contributed by atoms with Gasteiger partial charge >= 0.3 is 16.0 Å². The molecule has 0 spiro atoms. The summed E-state index contributed by atoms with van der Waals surface area (Å²) < 4.78 is 0. The highest BCUT2D eigenvalue weighted by molar-refractivity contribution is 9.47. The van der Waals surface area contributed by atoms with E-state index in [1.807, 2.05) is 24.3 Å². The van der Waals surface area contributed by atoms with Crippen LogP contribution in [0.2, 0.25) is 0 Å². The van der Waals surface area contributed by atoms with E-state index in [2.05, 4.69) is 97.4 Å². The summed E-state index contributed by atoms with van der Waals surface area (Å²) in [7, 11) is 0. The van der Waals surface area contributed by atoms with Gasteiger partial charge in [-0.3, -0.25) is 25.8 Å². The molecule has 0 N–H and O–H groups in total. The molecule has 0 aromatic heterocycles. The number of para-hydroxylation sites is 2. The van der Waals surface area contributed by atoms with E-state index in [4.69, 9.17) is 0 Å². The van der Waals surface area contributed by atoms with Crippen LogP contribution in [0.3, 0.4) is 0 Å². The van der Waals surface area contributed by atoms with Gasteiger partial charge in [0.15, 0.2) is 0 Å². The summed E-state index contributed by atoms with van der Waals surface area (Å²) in [4.78, 5) is 2.23. The lowest BCUT2D eigenvalue weighted by Gasteiger charge is -2.25. The molecule has 0 saturated carbocycles. The molecule has 0 saturated heterocycles. The summed E-state index contributed by atoms with van der Waals surface area (Å²) in [5.41, 5.74) is 3.44. The lowest BCUT2D eigenvalue weighted by atomic mass is 10.2. The first kappa shape index (κ1) is 17.5. The molecular formula is C18H14Br2MgN. The summed E-state index contributed by atoms with van der Waals surface area (Å²) in [5.74, 6) is 0. The van der Waals surface area contributed by atoms with Gasteiger partial charge in [-0.1, -0.05) is 48.5 Å². The third-order valence-corrected chi connectivity index (χ3v) is 2.99. The summed E-state index contributed by atoms with van der Waals surface area (Å²) in [6, 6.07) is 31.8. The standard InChI is InChI=1S/C18H14N.2BrH.Mg/c1-4-10-16(11-5-1)19(17-12-6-2-7-13-17)18-14-8-3-9-15-18;;;/h1-2,4-15H;2*1H;/q;;;+2/p-2. The molecule has 0 aliphatic carbocycles. The van der Waals surface area contributed by atoms with Crippen LogP contribution in [0.5, 0.6) is 0 Å².